The third-order valence-electron chi connectivity index (χ3n) is 3.12. The summed E-state index contributed by atoms with van der Waals surface area (Å²) in [5, 5.41) is 2.90. The number of hydrogen-bond donors (Lipinski definition) is 1. The first-order valence-corrected chi connectivity index (χ1v) is 6.83. The summed E-state index contributed by atoms with van der Waals surface area (Å²) < 4.78 is 13.6. The normalized spacial score (nSPS) is 19.9. The van der Waals surface area contributed by atoms with Crippen LogP contribution in [0.3, 0.4) is 0 Å². The fourth-order valence-electron chi connectivity index (χ4n) is 2.01. The van der Waals surface area contributed by atoms with E-state index in [1.807, 2.05) is 6.92 Å². The SMILES string of the molecule is CCC1NCC(=O)N(Cc2ccc(F)cc2Br)C1=O. The van der Waals surface area contributed by atoms with Crippen LogP contribution in [0.5, 0.6) is 0 Å². The van der Waals surface area contributed by atoms with Gasteiger partial charge in [-0.15, -0.1) is 0 Å². The lowest BCUT2D eigenvalue weighted by Gasteiger charge is -2.31. The van der Waals surface area contributed by atoms with Crippen molar-refractivity contribution in [2.24, 2.45) is 0 Å². The smallest absolute Gasteiger partial charge is 0.246 e. The largest absolute Gasteiger partial charge is 0.297 e. The van der Waals surface area contributed by atoms with Crippen molar-refractivity contribution >= 4 is 27.7 Å². The minimum absolute atomic E-state index is 0.156. The Hall–Kier alpha value is -1.27. The Kier molecular flexibility index (Phi) is 4.31. The molecule has 0 saturated carbocycles. The van der Waals surface area contributed by atoms with Crippen LogP contribution in [0.15, 0.2) is 22.7 Å². The molecule has 1 heterocycles. The van der Waals surface area contributed by atoms with Crippen LogP contribution in [-0.4, -0.2) is 29.3 Å². The van der Waals surface area contributed by atoms with Crippen LogP contribution in [-0.2, 0) is 16.1 Å². The summed E-state index contributed by atoms with van der Waals surface area (Å²) in [4.78, 5) is 25.1. The van der Waals surface area contributed by atoms with Crippen molar-refractivity contribution in [3.05, 3.63) is 34.1 Å². The summed E-state index contributed by atoms with van der Waals surface area (Å²) in [6.07, 6.45) is 0.632. The Morgan fingerprint density at radius 1 is 1.47 bits per heavy atom. The lowest BCUT2D eigenvalue weighted by Crippen LogP contribution is -2.57. The van der Waals surface area contributed by atoms with Crippen LogP contribution < -0.4 is 5.32 Å². The molecule has 0 spiro atoms. The Labute approximate surface area is 119 Å². The molecule has 1 saturated heterocycles. The fourth-order valence-corrected chi connectivity index (χ4v) is 2.49. The third kappa shape index (κ3) is 3.01. The number of piperazine rings is 1. The fraction of sp³-hybridized carbons (Fsp3) is 0.385. The molecule has 1 unspecified atom stereocenters. The number of carbonyl (C=O) groups excluding carboxylic acids is 2. The highest BCUT2D eigenvalue weighted by Crippen LogP contribution is 2.21. The van der Waals surface area contributed by atoms with E-state index >= 15 is 0 Å². The summed E-state index contributed by atoms with van der Waals surface area (Å²) in [7, 11) is 0. The lowest BCUT2D eigenvalue weighted by molar-refractivity contribution is -0.150. The van der Waals surface area contributed by atoms with Crippen molar-refractivity contribution in [3.63, 3.8) is 0 Å². The summed E-state index contributed by atoms with van der Waals surface area (Å²) in [5.41, 5.74) is 0.708. The zero-order valence-electron chi connectivity index (χ0n) is 10.5. The molecule has 6 heteroatoms. The van der Waals surface area contributed by atoms with E-state index in [4.69, 9.17) is 0 Å². The van der Waals surface area contributed by atoms with Crippen LogP contribution >= 0.6 is 15.9 Å². The maximum Gasteiger partial charge on any atom is 0.246 e. The number of nitrogens with one attached hydrogen (secondary N) is 1. The topological polar surface area (TPSA) is 49.4 Å². The van der Waals surface area contributed by atoms with Crippen molar-refractivity contribution in [2.75, 3.05) is 6.54 Å². The Balaban J connectivity index is 2.20. The lowest BCUT2D eigenvalue weighted by atomic mass is 10.1. The second-order valence-electron chi connectivity index (χ2n) is 4.40. The molecule has 102 valence electrons. The van der Waals surface area contributed by atoms with Gasteiger partial charge in [0.1, 0.15) is 5.82 Å². The number of halogens is 2. The Morgan fingerprint density at radius 3 is 2.84 bits per heavy atom. The number of amides is 2. The second-order valence-corrected chi connectivity index (χ2v) is 5.25. The van der Waals surface area contributed by atoms with Gasteiger partial charge in [0.2, 0.25) is 11.8 Å². The minimum atomic E-state index is -0.361. The van der Waals surface area contributed by atoms with E-state index in [0.29, 0.717) is 16.5 Å². The molecule has 0 aromatic heterocycles. The predicted octanol–water partition coefficient (Wildman–Crippen LogP) is 1.83. The molecular formula is C13H14BrFN2O2. The van der Waals surface area contributed by atoms with Gasteiger partial charge in [0.05, 0.1) is 19.1 Å². The number of nitrogens with zero attached hydrogens (tertiary/aromatic N) is 1. The zero-order valence-corrected chi connectivity index (χ0v) is 12.0. The maximum absolute atomic E-state index is 13.0. The monoisotopic (exact) mass is 328 g/mol. The summed E-state index contributed by atoms with van der Waals surface area (Å²) in [5.74, 6) is -0.846. The van der Waals surface area contributed by atoms with Gasteiger partial charge in [-0.3, -0.25) is 19.8 Å². The second kappa shape index (κ2) is 5.79. The number of benzene rings is 1. The molecule has 1 aromatic carbocycles. The van der Waals surface area contributed by atoms with Crippen molar-refractivity contribution < 1.29 is 14.0 Å². The first-order chi connectivity index (χ1) is 9.02. The third-order valence-corrected chi connectivity index (χ3v) is 3.85. The Bertz CT molecular complexity index is 521. The number of rotatable bonds is 3. The quantitative estimate of drug-likeness (QED) is 0.861. The number of carbonyl (C=O) groups is 2. The first-order valence-electron chi connectivity index (χ1n) is 6.04. The molecule has 0 bridgehead atoms. The van der Waals surface area contributed by atoms with Crippen LogP contribution in [0.1, 0.15) is 18.9 Å². The highest BCUT2D eigenvalue weighted by atomic mass is 79.9. The van der Waals surface area contributed by atoms with Crippen LogP contribution in [0, 0.1) is 5.82 Å². The molecule has 4 nitrogen and oxygen atoms in total. The van der Waals surface area contributed by atoms with Gasteiger partial charge in [-0.1, -0.05) is 28.9 Å². The van der Waals surface area contributed by atoms with Gasteiger partial charge in [-0.25, -0.2) is 4.39 Å². The van der Waals surface area contributed by atoms with Crippen LogP contribution in [0.25, 0.3) is 0 Å². The summed E-state index contributed by atoms with van der Waals surface area (Å²) in [6.45, 7) is 2.21. The van der Waals surface area contributed by atoms with E-state index < -0.39 is 0 Å². The average molecular weight is 329 g/mol. The van der Waals surface area contributed by atoms with Gasteiger partial charge < -0.3 is 0 Å². The van der Waals surface area contributed by atoms with Gasteiger partial charge in [0, 0.05) is 4.47 Å². The van der Waals surface area contributed by atoms with Crippen molar-refractivity contribution in [1.82, 2.24) is 10.2 Å². The summed E-state index contributed by atoms with van der Waals surface area (Å²) >= 11 is 3.24. The van der Waals surface area contributed by atoms with Crippen LogP contribution in [0.4, 0.5) is 4.39 Å². The molecule has 1 aliphatic rings. The van der Waals surface area contributed by atoms with E-state index in [9.17, 15) is 14.0 Å². The molecule has 0 radical (unpaired) electrons. The highest BCUT2D eigenvalue weighted by Gasteiger charge is 2.32. The minimum Gasteiger partial charge on any atom is -0.297 e. The van der Waals surface area contributed by atoms with Gasteiger partial charge in [0.25, 0.3) is 0 Å². The summed E-state index contributed by atoms with van der Waals surface area (Å²) in [6, 6.07) is 3.89. The molecule has 2 rings (SSSR count). The number of imide groups is 1. The van der Waals surface area contributed by atoms with E-state index in [1.165, 1.54) is 17.0 Å². The molecule has 1 N–H and O–H groups in total. The average Bonchev–Trinajstić information content (AvgIpc) is 2.37. The van der Waals surface area contributed by atoms with E-state index in [2.05, 4.69) is 21.2 Å². The molecule has 2 amide bonds. The molecule has 1 fully saturated rings. The highest BCUT2D eigenvalue weighted by molar-refractivity contribution is 9.10. The molecule has 1 aliphatic heterocycles. The van der Waals surface area contributed by atoms with Crippen molar-refractivity contribution in [1.29, 1.82) is 0 Å². The van der Waals surface area contributed by atoms with E-state index in [0.717, 1.165) is 0 Å². The van der Waals surface area contributed by atoms with Gasteiger partial charge in [-0.05, 0) is 24.1 Å². The Morgan fingerprint density at radius 2 is 2.21 bits per heavy atom. The van der Waals surface area contributed by atoms with E-state index in [1.54, 1.807) is 6.07 Å². The molecule has 0 aliphatic carbocycles. The maximum atomic E-state index is 13.0. The molecule has 1 aromatic rings. The van der Waals surface area contributed by atoms with Gasteiger partial charge in [0.15, 0.2) is 0 Å². The molecule has 19 heavy (non-hydrogen) atoms. The number of hydrogen-bond acceptors (Lipinski definition) is 3. The predicted molar refractivity (Wildman–Crippen MR) is 71.7 cm³/mol. The van der Waals surface area contributed by atoms with E-state index in [-0.39, 0.29) is 36.8 Å². The van der Waals surface area contributed by atoms with Crippen molar-refractivity contribution in [2.45, 2.75) is 25.9 Å². The first kappa shape index (κ1) is 14.1. The standard InChI is InChI=1S/C13H14BrFN2O2/c1-2-11-13(19)17(12(18)6-16-11)7-8-3-4-9(15)5-10(8)14/h3-5,11,16H,2,6-7H2,1H3. The molecular weight excluding hydrogens is 315 g/mol. The van der Waals surface area contributed by atoms with Gasteiger partial charge >= 0.3 is 0 Å². The zero-order chi connectivity index (χ0) is 14.0. The van der Waals surface area contributed by atoms with Crippen molar-refractivity contribution in [3.8, 4) is 0 Å². The van der Waals surface area contributed by atoms with Crippen LogP contribution in [0.2, 0.25) is 0 Å². The molecule has 1 atom stereocenters. The van der Waals surface area contributed by atoms with Gasteiger partial charge in [-0.2, -0.15) is 0 Å².